The van der Waals surface area contributed by atoms with Crippen molar-refractivity contribution in [2.24, 2.45) is 5.92 Å². The smallest absolute Gasteiger partial charge is 0.229 e. The van der Waals surface area contributed by atoms with E-state index in [2.05, 4.69) is 18.3 Å². The number of hydrogen-bond donors (Lipinski definition) is 1. The van der Waals surface area contributed by atoms with Crippen molar-refractivity contribution in [1.82, 2.24) is 10.2 Å². The van der Waals surface area contributed by atoms with Gasteiger partial charge >= 0.3 is 0 Å². The van der Waals surface area contributed by atoms with Crippen LogP contribution in [0.25, 0.3) is 0 Å². The van der Waals surface area contributed by atoms with Gasteiger partial charge in [-0.1, -0.05) is 11.6 Å². The first-order chi connectivity index (χ1) is 8.60. The van der Waals surface area contributed by atoms with Crippen LogP contribution in [0.2, 0.25) is 0 Å². The van der Waals surface area contributed by atoms with Crippen LogP contribution in [0.5, 0.6) is 0 Å². The molecule has 0 aromatic heterocycles. The molecule has 1 N–H and O–H groups in total. The predicted octanol–water partition coefficient (Wildman–Crippen LogP) is 2.24. The summed E-state index contributed by atoms with van der Waals surface area (Å²) in [5.41, 5.74) is 1.22. The van der Waals surface area contributed by atoms with Crippen molar-refractivity contribution >= 4 is 29.1 Å². The van der Waals surface area contributed by atoms with E-state index in [-0.39, 0.29) is 11.8 Å². The summed E-state index contributed by atoms with van der Waals surface area (Å²) in [5.74, 6) is 0.969. The Morgan fingerprint density at radius 1 is 1.50 bits per heavy atom. The van der Waals surface area contributed by atoms with Gasteiger partial charge in [0.15, 0.2) is 0 Å². The Hall–Kier alpha value is -0.250. The summed E-state index contributed by atoms with van der Waals surface area (Å²) < 4.78 is 0. The first-order valence-corrected chi connectivity index (χ1v) is 7.50. The lowest BCUT2D eigenvalue weighted by Gasteiger charge is -2.29. The topological polar surface area (TPSA) is 32.3 Å². The van der Waals surface area contributed by atoms with E-state index in [1.807, 2.05) is 6.92 Å². The van der Waals surface area contributed by atoms with Crippen LogP contribution in [0, 0.1) is 5.92 Å². The van der Waals surface area contributed by atoms with E-state index in [9.17, 15) is 4.79 Å². The molecule has 1 amide bonds. The fraction of sp³-hybridized carbons (Fsp3) is 0.769. The standard InChI is InChI=1S/C13H22Cl2N2O/c1-10-9-12(3-6-16-10)11(2)13(18)17(7-4-14)8-5-15/h3,10-11,16H,4-9H2,1-2H3. The Bertz CT molecular complexity index is 301. The van der Waals surface area contributed by atoms with Crippen LogP contribution in [0.3, 0.4) is 0 Å². The van der Waals surface area contributed by atoms with E-state index in [4.69, 9.17) is 23.2 Å². The van der Waals surface area contributed by atoms with Gasteiger partial charge in [-0.3, -0.25) is 4.79 Å². The average molecular weight is 293 g/mol. The lowest BCUT2D eigenvalue weighted by Crippen LogP contribution is -2.40. The summed E-state index contributed by atoms with van der Waals surface area (Å²) in [6.07, 6.45) is 3.06. The first kappa shape index (κ1) is 15.8. The molecular weight excluding hydrogens is 271 g/mol. The number of hydrogen-bond acceptors (Lipinski definition) is 2. The van der Waals surface area contributed by atoms with E-state index in [1.54, 1.807) is 4.90 Å². The summed E-state index contributed by atoms with van der Waals surface area (Å²) in [7, 11) is 0. The molecule has 1 rings (SSSR count). The lowest BCUT2D eigenvalue weighted by molar-refractivity contribution is -0.133. The highest BCUT2D eigenvalue weighted by Crippen LogP contribution is 2.21. The number of carbonyl (C=O) groups is 1. The van der Waals surface area contributed by atoms with Crippen LogP contribution in [0.15, 0.2) is 11.6 Å². The van der Waals surface area contributed by atoms with Crippen molar-refractivity contribution in [1.29, 1.82) is 0 Å². The highest BCUT2D eigenvalue weighted by molar-refractivity contribution is 6.18. The monoisotopic (exact) mass is 292 g/mol. The molecule has 0 saturated heterocycles. The maximum atomic E-state index is 12.4. The largest absolute Gasteiger partial charge is 0.340 e. The molecule has 0 saturated carbocycles. The molecule has 0 aliphatic carbocycles. The van der Waals surface area contributed by atoms with Gasteiger partial charge in [0.05, 0.1) is 5.92 Å². The van der Waals surface area contributed by atoms with Gasteiger partial charge in [-0.2, -0.15) is 0 Å². The molecule has 2 atom stereocenters. The molecule has 0 aromatic carbocycles. The minimum absolute atomic E-state index is 0.0685. The first-order valence-electron chi connectivity index (χ1n) is 6.43. The molecule has 1 aliphatic rings. The quantitative estimate of drug-likeness (QED) is 0.602. The number of carbonyl (C=O) groups excluding carboxylic acids is 1. The van der Waals surface area contributed by atoms with Crippen LogP contribution in [-0.2, 0) is 4.79 Å². The number of halogens is 2. The SMILES string of the molecule is CC1CC(C(C)C(=O)N(CCCl)CCCl)=CCN1. The van der Waals surface area contributed by atoms with Crippen LogP contribution in [0.4, 0.5) is 0 Å². The average Bonchev–Trinajstić information content (AvgIpc) is 2.37. The van der Waals surface area contributed by atoms with E-state index in [0.717, 1.165) is 13.0 Å². The van der Waals surface area contributed by atoms with Crippen molar-refractivity contribution in [2.75, 3.05) is 31.4 Å². The van der Waals surface area contributed by atoms with Crippen molar-refractivity contribution < 1.29 is 4.79 Å². The maximum absolute atomic E-state index is 12.4. The van der Waals surface area contributed by atoms with Gasteiger partial charge in [-0.05, 0) is 20.3 Å². The maximum Gasteiger partial charge on any atom is 0.229 e. The zero-order chi connectivity index (χ0) is 13.5. The molecule has 0 spiro atoms. The van der Waals surface area contributed by atoms with Gasteiger partial charge in [0.25, 0.3) is 0 Å². The highest BCUT2D eigenvalue weighted by Gasteiger charge is 2.25. The predicted molar refractivity (Wildman–Crippen MR) is 77.3 cm³/mol. The van der Waals surface area contributed by atoms with Gasteiger partial charge in [0.2, 0.25) is 5.91 Å². The number of nitrogens with one attached hydrogen (secondary N) is 1. The van der Waals surface area contributed by atoms with Crippen molar-refractivity contribution in [3.05, 3.63) is 11.6 Å². The van der Waals surface area contributed by atoms with Crippen molar-refractivity contribution in [2.45, 2.75) is 26.3 Å². The van der Waals surface area contributed by atoms with Crippen LogP contribution >= 0.6 is 23.2 Å². The van der Waals surface area contributed by atoms with Gasteiger partial charge in [0, 0.05) is 37.4 Å². The van der Waals surface area contributed by atoms with Crippen LogP contribution < -0.4 is 5.32 Å². The molecule has 104 valence electrons. The van der Waals surface area contributed by atoms with Gasteiger partial charge < -0.3 is 10.2 Å². The normalized spacial score (nSPS) is 21.3. The molecule has 0 radical (unpaired) electrons. The summed E-state index contributed by atoms with van der Waals surface area (Å²) >= 11 is 11.5. The summed E-state index contributed by atoms with van der Waals surface area (Å²) in [5, 5.41) is 3.34. The van der Waals surface area contributed by atoms with E-state index in [1.165, 1.54) is 5.57 Å². The highest BCUT2D eigenvalue weighted by atomic mass is 35.5. The fourth-order valence-electron chi connectivity index (χ4n) is 2.22. The Kier molecular flexibility index (Phi) is 7.05. The van der Waals surface area contributed by atoms with E-state index >= 15 is 0 Å². The van der Waals surface area contributed by atoms with Crippen LogP contribution in [0.1, 0.15) is 20.3 Å². The Morgan fingerprint density at radius 2 is 2.11 bits per heavy atom. The summed E-state index contributed by atoms with van der Waals surface area (Å²) in [6, 6.07) is 0.440. The lowest BCUT2D eigenvalue weighted by atomic mass is 9.91. The minimum atomic E-state index is -0.0685. The Labute approximate surface area is 120 Å². The van der Waals surface area contributed by atoms with Crippen molar-refractivity contribution in [3.63, 3.8) is 0 Å². The molecule has 0 bridgehead atoms. The molecule has 5 heteroatoms. The molecule has 0 aromatic rings. The summed E-state index contributed by atoms with van der Waals surface area (Å²) in [4.78, 5) is 14.1. The summed E-state index contributed by atoms with van der Waals surface area (Å²) in [6.45, 7) is 6.09. The number of nitrogens with zero attached hydrogens (tertiary/aromatic N) is 1. The second kappa shape index (κ2) is 8.03. The Morgan fingerprint density at radius 3 is 2.61 bits per heavy atom. The molecule has 0 fully saturated rings. The van der Waals surface area contributed by atoms with Gasteiger partial charge in [-0.15, -0.1) is 23.2 Å². The second-order valence-corrected chi connectivity index (χ2v) is 5.47. The second-order valence-electron chi connectivity index (χ2n) is 4.72. The third kappa shape index (κ3) is 4.45. The Balaban J connectivity index is 2.65. The third-order valence-corrected chi connectivity index (χ3v) is 3.66. The molecule has 3 nitrogen and oxygen atoms in total. The number of alkyl halides is 2. The number of amides is 1. The molecular formula is C13H22Cl2N2O. The van der Waals surface area contributed by atoms with Gasteiger partial charge in [-0.25, -0.2) is 0 Å². The fourth-order valence-corrected chi connectivity index (χ4v) is 2.63. The molecule has 18 heavy (non-hydrogen) atoms. The number of rotatable bonds is 6. The molecule has 1 aliphatic heterocycles. The van der Waals surface area contributed by atoms with E-state index < -0.39 is 0 Å². The van der Waals surface area contributed by atoms with Crippen molar-refractivity contribution in [3.8, 4) is 0 Å². The van der Waals surface area contributed by atoms with Gasteiger partial charge in [0.1, 0.15) is 0 Å². The minimum Gasteiger partial charge on any atom is -0.340 e. The zero-order valence-electron chi connectivity index (χ0n) is 11.1. The van der Waals surface area contributed by atoms with Crippen LogP contribution in [-0.4, -0.2) is 48.2 Å². The molecule has 1 heterocycles. The zero-order valence-corrected chi connectivity index (χ0v) is 12.6. The molecule has 2 unspecified atom stereocenters. The third-order valence-electron chi connectivity index (χ3n) is 3.32. The van der Waals surface area contributed by atoms with E-state index in [0.29, 0.717) is 30.9 Å².